The number of nitrogen functional groups attached to an aromatic ring is 1. The molecule has 5 N–H and O–H groups in total. The van der Waals surface area contributed by atoms with Crippen LogP contribution in [0.4, 0.5) is 10.8 Å². The zero-order chi connectivity index (χ0) is 20.0. The third-order valence-corrected chi connectivity index (χ3v) is 6.91. The molecule has 1 unspecified atom stereocenters. The molecule has 0 saturated carbocycles. The number of nitrogens with one attached hydrogen (secondary N) is 2. The van der Waals surface area contributed by atoms with Crippen LogP contribution in [0.15, 0.2) is 28.9 Å². The number of thiazole rings is 1. The number of amides is 2. The number of β-lactam (4-membered cyclic amide) rings is 1. The number of aliphatic carboxylic acids is 1. The zero-order valence-electron chi connectivity index (χ0n) is 14.1. The van der Waals surface area contributed by atoms with Crippen molar-refractivity contribution in [2.75, 3.05) is 23.3 Å². The van der Waals surface area contributed by atoms with Gasteiger partial charge in [0, 0.05) is 11.4 Å². The summed E-state index contributed by atoms with van der Waals surface area (Å²) in [6.07, 6.45) is 0. The van der Waals surface area contributed by atoms with Gasteiger partial charge in [-0.2, -0.15) is 0 Å². The topological polar surface area (TPSA) is 138 Å². The third kappa shape index (κ3) is 3.25. The molecular weight excluding hydrogens is 426 g/mol. The van der Waals surface area contributed by atoms with Crippen LogP contribution >= 0.6 is 34.7 Å². The second kappa shape index (κ2) is 7.15. The molecule has 0 aliphatic carbocycles. The van der Waals surface area contributed by atoms with Gasteiger partial charge in [0.05, 0.1) is 21.8 Å². The van der Waals surface area contributed by atoms with Crippen molar-refractivity contribution < 1.29 is 19.5 Å². The Morgan fingerprint density at radius 1 is 1.43 bits per heavy atom. The number of hydrogen-bond acceptors (Lipinski definition) is 8. The highest BCUT2D eigenvalue weighted by Gasteiger charge is 2.54. The van der Waals surface area contributed by atoms with E-state index in [0.29, 0.717) is 10.8 Å². The van der Waals surface area contributed by atoms with E-state index in [1.807, 2.05) is 12.1 Å². The van der Waals surface area contributed by atoms with E-state index >= 15 is 0 Å². The Morgan fingerprint density at radius 3 is 2.96 bits per heavy atom. The van der Waals surface area contributed by atoms with Gasteiger partial charge in [0.1, 0.15) is 17.1 Å². The molecule has 0 bridgehead atoms. The molecule has 2 amide bonds. The summed E-state index contributed by atoms with van der Waals surface area (Å²) in [4.78, 5) is 41.2. The number of carboxylic acids is 1. The van der Waals surface area contributed by atoms with Crippen LogP contribution in [0.1, 0.15) is 0 Å². The molecule has 2 aliphatic rings. The van der Waals surface area contributed by atoms with Gasteiger partial charge >= 0.3 is 5.97 Å². The molecule has 0 spiro atoms. The molecule has 1 aromatic heterocycles. The Labute approximate surface area is 171 Å². The number of benzene rings is 1. The van der Waals surface area contributed by atoms with Crippen LogP contribution in [0, 0.1) is 0 Å². The molecule has 1 fully saturated rings. The first kappa shape index (κ1) is 18.8. The lowest BCUT2D eigenvalue weighted by molar-refractivity contribution is -0.150. The Hall–Kier alpha value is -2.50. The second-order valence-corrected chi connectivity index (χ2v) is 8.73. The predicted octanol–water partition coefficient (Wildman–Crippen LogP) is 1.23. The maximum absolute atomic E-state index is 12.3. The number of anilines is 2. The Bertz CT molecular complexity index is 1040. The molecular formula is C16H14ClN5O4S2. The van der Waals surface area contributed by atoms with Crippen molar-refractivity contribution in [3.05, 3.63) is 28.9 Å². The first-order valence-corrected chi connectivity index (χ1v) is 10.4. The Balaban J connectivity index is 1.37. The van der Waals surface area contributed by atoms with Crippen LogP contribution in [0.5, 0.6) is 0 Å². The minimum absolute atomic E-state index is 0.0469. The lowest BCUT2D eigenvalue weighted by atomic mass is 10.1. The molecule has 146 valence electrons. The zero-order valence-corrected chi connectivity index (χ0v) is 16.5. The lowest BCUT2D eigenvalue weighted by Gasteiger charge is -2.48. The summed E-state index contributed by atoms with van der Waals surface area (Å²) in [6, 6.07) is 4.68. The van der Waals surface area contributed by atoms with Gasteiger partial charge in [-0.15, -0.1) is 11.8 Å². The molecule has 3 heterocycles. The number of hydrogen-bond donors (Lipinski definition) is 4. The summed E-state index contributed by atoms with van der Waals surface area (Å²) in [6.45, 7) is -0.0469. The molecule has 1 saturated heterocycles. The van der Waals surface area contributed by atoms with E-state index in [-0.39, 0.29) is 28.9 Å². The van der Waals surface area contributed by atoms with Crippen molar-refractivity contribution in [3.8, 4) is 0 Å². The van der Waals surface area contributed by atoms with E-state index in [1.54, 1.807) is 6.07 Å². The number of fused-ring (bicyclic) bond motifs is 2. The molecule has 2 aliphatic heterocycles. The van der Waals surface area contributed by atoms with E-state index in [2.05, 4.69) is 15.6 Å². The number of carbonyl (C=O) groups is 3. The number of thioether (sulfide) groups is 1. The van der Waals surface area contributed by atoms with E-state index < -0.39 is 23.3 Å². The van der Waals surface area contributed by atoms with Crippen molar-refractivity contribution in [2.45, 2.75) is 11.4 Å². The summed E-state index contributed by atoms with van der Waals surface area (Å²) in [5.41, 5.74) is 6.90. The van der Waals surface area contributed by atoms with Crippen LogP contribution in [-0.4, -0.2) is 56.5 Å². The van der Waals surface area contributed by atoms with Gasteiger partial charge in [-0.1, -0.05) is 22.9 Å². The van der Waals surface area contributed by atoms with E-state index in [0.717, 1.165) is 15.1 Å². The van der Waals surface area contributed by atoms with Crippen molar-refractivity contribution in [2.24, 2.45) is 0 Å². The highest BCUT2D eigenvalue weighted by molar-refractivity contribution is 8.00. The fraction of sp³-hybridized carbons (Fsp3) is 0.250. The first-order chi connectivity index (χ1) is 13.3. The maximum atomic E-state index is 12.3. The highest BCUT2D eigenvalue weighted by Crippen LogP contribution is 2.41. The monoisotopic (exact) mass is 439 g/mol. The average Bonchev–Trinajstić information content (AvgIpc) is 3.03. The number of halogens is 1. The van der Waals surface area contributed by atoms with Crippen molar-refractivity contribution in [3.63, 3.8) is 0 Å². The molecule has 4 rings (SSSR count). The summed E-state index contributed by atoms with van der Waals surface area (Å²) >= 11 is 8.62. The molecule has 9 nitrogen and oxygen atoms in total. The minimum atomic E-state index is -1.26. The summed E-state index contributed by atoms with van der Waals surface area (Å²) in [7, 11) is 0. The SMILES string of the molecule is Nc1nc2cc(NCC(=O)NC3C(=O)N4C(C(=O)O)=C(Cl)CS[C@@H]34)ccc2s1. The number of carboxylic acid groups (broad SMARTS) is 1. The van der Waals surface area contributed by atoms with Crippen LogP contribution in [0.3, 0.4) is 0 Å². The van der Waals surface area contributed by atoms with Gasteiger partial charge in [0.15, 0.2) is 5.13 Å². The second-order valence-electron chi connectivity index (χ2n) is 6.10. The fourth-order valence-electron chi connectivity index (χ4n) is 3.04. The first-order valence-electron chi connectivity index (χ1n) is 8.11. The van der Waals surface area contributed by atoms with Crippen molar-refractivity contribution >= 4 is 73.5 Å². The number of rotatable bonds is 5. The van der Waals surface area contributed by atoms with Gasteiger partial charge in [-0.05, 0) is 18.2 Å². The Morgan fingerprint density at radius 2 is 2.21 bits per heavy atom. The highest BCUT2D eigenvalue weighted by atomic mass is 35.5. The molecule has 2 aromatic rings. The number of aromatic nitrogens is 1. The van der Waals surface area contributed by atoms with E-state index in [9.17, 15) is 19.5 Å². The smallest absolute Gasteiger partial charge is 0.353 e. The average molecular weight is 440 g/mol. The molecule has 28 heavy (non-hydrogen) atoms. The number of nitrogens with two attached hydrogens (primary N) is 1. The van der Waals surface area contributed by atoms with Gasteiger partial charge in [-0.3, -0.25) is 14.5 Å². The van der Waals surface area contributed by atoms with E-state index in [4.69, 9.17) is 17.3 Å². The largest absolute Gasteiger partial charge is 0.477 e. The van der Waals surface area contributed by atoms with Gasteiger partial charge < -0.3 is 21.5 Å². The van der Waals surface area contributed by atoms with Crippen LogP contribution in [0.2, 0.25) is 0 Å². The minimum Gasteiger partial charge on any atom is -0.477 e. The van der Waals surface area contributed by atoms with Crippen LogP contribution < -0.4 is 16.4 Å². The normalized spacial score (nSPS) is 21.3. The maximum Gasteiger partial charge on any atom is 0.353 e. The van der Waals surface area contributed by atoms with Crippen LogP contribution in [-0.2, 0) is 14.4 Å². The van der Waals surface area contributed by atoms with Crippen molar-refractivity contribution in [1.29, 1.82) is 0 Å². The molecule has 1 aromatic carbocycles. The van der Waals surface area contributed by atoms with E-state index in [1.165, 1.54) is 23.1 Å². The lowest BCUT2D eigenvalue weighted by Crippen LogP contribution is -2.70. The van der Waals surface area contributed by atoms with Crippen LogP contribution in [0.25, 0.3) is 10.2 Å². The number of carbonyl (C=O) groups excluding carboxylic acids is 2. The third-order valence-electron chi connectivity index (χ3n) is 4.30. The van der Waals surface area contributed by atoms with Gasteiger partial charge in [-0.25, -0.2) is 9.78 Å². The van der Waals surface area contributed by atoms with Crippen molar-refractivity contribution in [1.82, 2.24) is 15.2 Å². The van der Waals surface area contributed by atoms with Gasteiger partial charge in [0.25, 0.3) is 5.91 Å². The predicted molar refractivity (Wildman–Crippen MR) is 108 cm³/mol. The molecule has 0 radical (unpaired) electrons. The Kier molecular flexibility index (Phi) is 4.81. The summed E-state index contributed by atoms with van der Waals surface area (Å²) in [5, 5.41) is 15.0. The quantitative estimate of drug-likeness (QED) is 0.510. The standard InChI is InChI=1S/C16H14ClN5O4S2/c17-7-5-27-14-11(13(24)22(14)12(7)15(25)26)21-10(23)4-19-6-1-2-9-8(3-6)20-16(18)28-9/h1-3,11,14,19H,4-5H2,(H2,18,20)(H,21,23)(H,25,26)/t11?,14-/m0/s1. The number of nitrogens with zero attached hydrogens (tertiary/aromatic N) is 2. The molecule has 2 atom stereocenters. The molecule has 12 heteroatoms. The summed E-state index contributed by atoms with van der Waals surface area (Å²) in [5.74, 6) is -1.85. The van der Waals surface area contributed by atoms with Gasteiger partial charge in [0.2, 0.25) is 5.91 Å². The summed E-state index contributed by atoms with van der Waals surface area (Å²) < 4.78 is 0.947. The fourth-order valence-corrected chi connectivity index (χ4v) is 5.31.